The van der Waals surface area contributed by atoms with Gasteiger partial charge < -0.3 is 0 Å². The van der Waals surface area contributed by atoms with Crippen molar-refractivity contribution in [3.63, 3.8) is 0 Å². The summed E-state index contributed by atoms with van der Waals surface area (Å²) in [5.74, 6) is 1.15. The standard InChI is InChI=1S/C16H16NS/c1-13-5-7-14(8-6-13)12-16-15-4-2-3-9-17(15)10-11-18-16/h2-9,12H,10-11H2,1H3/q+1. The lowest BCUT2D eigenvalue weighted by molar-refractivity contribution is -0.695. The van der Waals surface area contributed by atoms with Gasteiger partial charge in [0.05, 0.1) is 10.7 Å². The van der Waals surface area contributed by atoms with Crippen LogP contribution in [0.4, 0.5) is 0 Å². The number of benzene rings is 1. The van der Waals surface area contributed by atoms with E-state index in [4.69, 9.17) is 0 Å². The number of thioether (sulfide) groups is 1. The zero-order chi connectivity index (χ0) is 12.4. The molecule has 2 aromatic rings. The Hall–Kier alpha value is -1.54. The monoisotopic (exact) mass is 254 g/mol. The number of hydrogen-bond acceptors (Lipinski definition) is 1. The maximum atomic E-state index is 2.33. The molecule has 0 unspecified atom stereocenters. The van der Waals surface area contributed by atoms with Gasteiger partial charge in [-0.15, -0.1) is 11.8 Å². The number of aryl methyl sites for hydroxylation is 2. The van der Waals surface area contributed by atoms with Crippen molar-refractivity contribution in [1.82, 2.24) is 0 Å². The van der Waals surface area contributed by atoms with Crippen LogP contribution >= 0.6 is 11.8 Å². The van der Waals surface area contributed by atoms with Gasteiger partial charge in [-0.2, -0.15) is 4.57 Å². The summed E-state index contributed by atoms with van der Waals surface area (Å²) >= 11 is 1.95. The Kier molecular flexibility index (Phi) is 3.20. The van der Waals surface area contributed by atoms with Crippen molar-refractivity contribution in [3.8, 4) is 0 Å². The van der Waals surface area contributed by atoms with Crippen molar-refractivity contribution in [2.45, 2.75) is 13.5 Å². The highest BCUT2D eigenvalue weighted by Crippen LogP contribution is 2.30. The van der Waals surface area contributed by atoms with Gasteiger partial charge in [0, 0.05) is 12.1 Å². The van der Waals surface area contributed by atoms with Crippen LogP contribution < -0.4 is 4.57 Å². The molecule has 0 saturated carbocycles. The maximum Gasteiger partial charge on any atom is 0.218 e. The quantitative estimate of drug-likeness (QED) is 0.704. The van der Waals surface area contributed by atoms with E-state index in [1.165, 1.54) is 21.7 Å². The van der Waals surface area contributed by atoms with Crippen molar-refractivity contribution in [2.75, 3.05) is 5.75 Å². The van der Waals surface area contributed by atoms with Crippen molar-refractivity contribution in [2.24, 2.45) is 0 Å². The molecular formula is C16H16NS+. The van der Waals surface area contributed by atoms with Gasteiger partial charge in [0.15, 0.2) is 12.7 Å². The van der Waals surface area contributed by atoms with Crippen molar-refractivity contribution in [3.05, 3.63) is 65.5 Å². The van der Waals surface area contributed by atoms with Crippen LogP contribution in [0.15, 0.2) is 48.7 Å². The minimum atomic E-state index is 1.10. The first-order valence-electron chi connectivity index (χ1n) is 6.23. The fourth-order valence-electron chi connectivity index (χ4n) is 2.15. The van der Waals surface area contributed by atoms with E-state index >= 15 is 0 Å². The third kappa shape index (κ3) is 2.34. The lowest BCUT2D eigenvalue weighted by Gasteiger charge is -2.12. The van der Waals surface area contributed by atoms with E-state index in [0.29, 0.717) is 0 Å². The molecule has 0 atom stereocenters. The second kappa shape index (κ2) is 4.99. The Labute approximate surface area is 112 Å². The van der Waals surface area contributed by atoms with Crippen LogP contribution in [0.5, 0.6) is 0 Å². The zero-order valence-corrected chi connectivity index (χ0v) is 11.3. The predicted octanol–water partition coefficient (Wildman–Crippen LogP) is 3.53. The van der Waals surface area contributed by atoms with Crippen LogP contribution in [0.1, 0.15) is 16.8 Å². The highest BCUT2D eigenvalue weighted by molar-refractivity contribution is 8.08. The smallest absolute Gasteiger partial charge is 0.197 e. The minimum Gasteiger partial charge on any atom is -0.197 e. The predicted molar refractivity (Wildman–Crippen MR) is 78.1 cm³/mol. The normalized spacial score (nSPS) is 16.6. The molecule has 0 amide bonds. The van der Waals surface area contributed by atoms with Gasteiger partial charge in [-0.05, 0) is 24.6 Å². The molecule has 3 rings (SSSR count). The summed E-state index contributed by atoms with van der Waals surface area (Å²) < 4.78 is 2.33. The van der Waals surface area contributed by atoms with E-state index in [2.05, 4.69) is 66.2 Å². The first-order valence-corrected chi connectivity index (χ1v) is 7.21. The number of pyridine rings is 1. The molecule has 0 saturated heterocycles. The molecule has 0 radical (unpaired) electrons. The molecule has 0 N–H and O–H groups in total. The van der Waals surface area contributed by atoms with E-state index < -0.39 is 0 Å². The SMILES string of the molecule is Cc1ccc(C=C2SCC[n+]3ccccc32)cc1. The Morgan fingerprint density at radius 2 is 1.94 bits per heavy atom. The molecule has 0 spiro atoms. The van der Waals surface area contributed by atoms with Gasteiger partial charge in [0.2, 0.25) is 5.69 Å². The molecule has 1 aromatic carbocycles. The summed E-state index contributed by atoms with van der Waals surface area (Å²) in [6.07, 6.45) is 4.45. The van der Waals surface area contributed by atoms with Crippen LogP contribution in [0, 0.1) is 6.92 Å². The molecule has 2 heteroatoms. The first-order chi connectivity index (χ1) is 8.83. The van der Waals surface area contributed by atoms with Gasteiger partial charge in [-0.25, -0.2) is 0 Å². The average molecular weight is 254 g/mol. The van der Waals surface area contributed by atoms with Gasteiger partial charge in [-0.3, -0.25) is 0 Å². The molecule has 0 fully saturated rings. The number of nitrogens with zero attached hydrogens (tertiary/aromatic N) is 1. The highest BCUT2D eigenvalue weighted by atomic mass is 32.2. The lowest BCUT2D eigenvalue weighted by atomic mass is 10.1. The Morgan fingerprint density at radius 1 is 1.11 bits per heavy atom. The largest absolute Gasteiger partial charge is 0.218 e. The molecule has 1 nitrogen and oxygen atoms in total. The first kappa shape index (κ1) is 11.5. The average Bonchev–Trinajstić information content (AvgIpc) is 2.42. The van der Waals surface area contributed by atoms with Crippen LogP contribution in [0.25, 0.3) is 11.0 Å². The summed E-state index contributed by atoms with van der Waals surface area (Å²) in [4.78, 5) is 1.37. The number of aromatic nitrogens is 1. The Balaban J connectivity index is 2.00. The third-order valence-electron chi connectivity index (χ3n) is 3.16. The summed E-state index contributed by atoms with van der Waals surface area (Å²) in [5.41, 5.74) is 3.91. The molecule has 90 valence electrons. The zero-order valence-electron chi connectivity index (χ0n) is 10.5. The molecule has 0 bridgehead atoms. The fourth-order valence-corrected chi connectivity index (χ4v) is 3.21. The van der Waals surface area contributed by atoms with Gasteiger partial charge >= 0.3 is 0 Å². The molecule has 1 aliphatic heterocycles. The maximum absolute atomic E-state index is 2.33. The number of rotatable bonds is 1. The molecule has 1 aromatic heterocycles. The van der Waals surface area contributed by atoms with E-state index in [1.807, 2.05) is 11.8 Å². The Bertz CT molecular complexity index is 584. The molecule has 18 heavy (non-hydrogen) atoms. The van der Waals surface area contributed by atoms with Crippen LogP contribution in [0.3, 0.4) is 0 Å². The van der Waals surface area contributed by atoms with E-state index in [9.17, 15) is 0 Å². The fraction of sp³-hybridized carbons (Fsp3) is 0.188. The van der Waals surface area contributed by atoms with E-state index in [-0.39, 0.29) is 0 Å². The number of hydrogen-bond donors (Lipinski definition) is 0. The van der Waals surface area contributed by atoms with Crippen molar-refractivity contribution < 1.29 is 4.57 Å². The number of fused-ring (bicyclic) bond motifs is 1. The summed E-state index contributed by atoms with van der Waals surface area (Å²) in [7, 11) is 0. The molecule has 2 heterocycles. The summed E-state index contributed by atoms with van der Waals surface area (Å²) in [6, 6.07) is 15.1. The van der Waals surface area contributed by atoms with Gasteiger partial charge in [0.25, 0.3) is 0 Å². The van der Waals surface area contributed by atoms with E-state index in [0.717, 1.165) is 12.3 Å². The second-order valence-corrected chi connectivity index (χ2v) is 5.68. The topological polar surface area (TPSA) is 3.88 Å². The molecule has 1 aliphatic rings. The highest BCUT2D eigenvalue weighted by Gasteiger charge is 2.20. The van der Waals surface area contributed by atoms with Crippen molar-refractivity contribution in [1.29, 1.82) is 0 Å². The van der Waals surface area contributed by atoms with Crippen LogP contribution in [-0.4, -0.2) is 5.75 Å². The minimum absolute atomic E-state index is 1.10. The Morgan fingerprint density at radius 3 is 2.78 bits per heavy atom. The van der Waals surface area contributed by atoms with Gasteiger partial charge in [0.1, 0.15) is 0 Å². The lowest BCUT2D eigenvalue weighted by Crippen LogP contribution is -2.40. The van der Waals surface area contributed by atoms with E-state index in [1.54, 1.807) is 0 Å². The van der Waals surface area contributed by atoms with Crippen LogP contribution in [0.2, 0.25) is 0 Å². The summed E-state index contributed by atoms with van der Waals surface area (Å²) in [6.45, 7) is 3.23. The van der Waals surface area contributed by atoms with Crippen LogP contribution in [-0.2, 0) is 6.54 Å². The van der Waals surface area contributed by atoms with Crippen molar-refractivity contribution >= 4 is 22.7 Å². The molecule has 0 aliphatic carbocycles. The second-order valence-electron chi connectivity index (χ2n) is 4.55. The third-order valence-corrected chi connectivity index (χ3v) is 4.18. The van der Waals surface area contributed by atoms with Gasteiger partial charge in [-0.1, -0.05) is 29.8 Å². The molecular weight excluding hydrogens is 238 g/mol. The summed E-state index contributed by atoms with van der Waals surface area (Å²) in [5, 5.41) is 0.